The zero-order valence-corrected chi connectivity index (χ0v) is 8.26. The average Bonchev–Trinajstić information content (AvgIpc) is 2.28. The number of nitrogen functional groups attached to an aromatic ring is 1. The third-order valence-corrected chi connectivity index (χ3v) is 1.99. The number of hydrogen-bond donors (Lipinski definition) is 1. The van der Waals surface area contributed by atoms with Crippen LogP contribution >= 0.6 is 0 Å². The summed E-state index contributed by atoms with van der Waals surface area (Å²) in [6.07, 6.45) is 3.52. The first-order valence-corrected chi connectivity index (χ1v) is 4.72. The molecule has 0 spiro atoms. The molecule has 0 atom stereocenters. The lowest BCUT2D eigenvalue weighted by molar-refractivity contribution is 0.306. The monoisotopic (exact) mass is 200 g/mol. The lowest BCUT2D eigenvalue weighted by atomic mass is 10.3. The van der Waals surface area contributed by atoms with Crippen molar-refractivity contribution in [1.29, 1.82) is 0 Å². The molecule has 15 heavy (non-hydrogen) atoms. The summed E-state index contributed by atoms with van der Waals surface area (Å²) in [6, 6.07) is 11.2. The van der Waals surface area contributed by atoms with Crippen LogP contribution in [-0.2, 0) is 6.61 Å². The molecule has 3 heteroatoms. The van der Waals surface area contributed by atoms with Gasteiger partial charge in [0.1, 0.15) is 12.4 Å². The van der Waals surface area contributed by atoms with Crippen LogP contribution in [0.4, 0.5) is 5.69 Å². The van der Waals surface area contributed by atoms with Gasteiger partial charge in [-0.05, 0) is 18.2 Å². The van der Waals surface area contributed by atoms with E-state index in [4.69, 9.17) is 10.5 Å². The van der Waals surface area contributed by atoms with Crippen molar-refractivity contribution in [3.8, 4) is 5.75 Å². The first-order valence-electron chi connectivity index (χ1n) is 4.72. The Balaban J connectivity index is 1.99. The van der Waals surface area contributed by atoms with Crippen molar-refractivity contribution < 1.29 is 4.74 Å². The van der Waals surface area contributed by atoms with E-state index in [1.54, 1.807) is 18.5 Å². The van der Waals surface area contributed by atoms with Gasteiger partial charge in [-0.1, -0.05) is 12.1 Å². The highest BCUT2D eigenvalue weighted by molar-refractivity contribution is 5.43. The molecule has 3 nitrogen and oxygen atoms in total. The van der Waals surface area contributed by atoms with Gasteiger partial charge in [0, 0.05) is 29.7 Å². The minimum atomic E-state index is 0.511. The van der Waals surface area contributed by atoms with Gasteiger partial charge < -0.3 is 10.5 Å². The molecule has 1 heterocycles. The van der Waals surface area contributed by atoms with Crippen LogP contribution in [0.25, 0.3) is 0 Å². The quantitative estimate of drug-likeness (QED) is 0.773. The molecule has 0 aliphatic rings. The molecule has 0 aliphatic carbocycles. The number of benzene rings is 1. The molecular formula is C12H12N2O. The number of rotatable bonds is 3. The summed E-state index contributed by atoms with van der Waals surface area (Å²) in [4.78, 5) is 4.01. The molecular weight excluding hydrogens is 188 g/mol. The Morgan fingerprint density at radius 2 is 2.13 bits per heavy atom. The van der Waals surface area contributed by atoms with Crippen molar-refractivity contribution in [2.75, 3.05) is 5.73 Å². The molecule has 2 rings (SSSR count). The molecule has 0 saturated heterocycles. The fourth-order valence-corrected chi connectivity index (χ4v) is 1.25. The molecule has 1 aromatic heterocycles. The minimum absolute atomic E-state index is 0.511. The highest BCUT2D eigenvalue weighted by atomic mass is 16.5. The van der Waals surface area contributed by atoms with E-state index in [1.807, 2.05) is 30.3 Å². The first-order chi connectivity index (χ1) is 7.34. The Labute approximate surface area is 88.5 Å². The predicted octanol–water partition coefficient (Wildman–Crippen LogP) is 2.24. The van der Waals surface area contributed by atoms with Gasteiger partial charge in [-0.25, -0.2) is 0 Å². The van der Waals surface area contributed by atoms with E-state index in [1.165, 1.54) is 0 Å². The number of aromatic nitrogens is 1. The largest absolute Gasteiger partial charge is 0.489 e. The van der Waals surface area contributed by atoms with Crippen molar-refractivity contribution in [1.82, 2.24) is 4.98 Å². The minimum Gasteiger partial charge on any atom is -0.489 e. The number of nitrogens with two attached hydrogens (primary N) is 1. The van der Waals surface area contributed by atoms with Gasteiger partial charge in [0.25, 0.3) is 0 Å². The van der Waals surface area contributed by atoms with Crippen molar-refractivity contribution >= 4 is 5.69 Å². The van der Waals surface area contributed by atoms with E-state index >= 15 is 0 Å². The van der Waals surface area contributed by atoms with Gasteiger partial charge in [-0.3, -0.25) is 4.98 Å². The van der Waals surface area contributed by atoms with Crippen LogP contribution in [0.1, 0.15) is 5.56 Å². The number of ether oxygens (including phenoxy) is 1. The van der Waals surface area contributed by atoms with Gasteiger partial charge in [0.15, 0.2) is 0 Å². The molecule has 76 valence electrons. The zero-order chi connectivity index (χ0) is 10.5. The first kappa shape index (κ1) is 9.52. The molecule has 0 unspecified atom stereocenters. The van der Waals surface area contributed by atoms with E-state index in [2.05, 4.69) is 4.98 Å². The summed E-state index contributed by atoms with van der Waals surface area (Å²) >= 11 is 0. The molecule has 2 N–H and O–H groups in total. The summed E-state index contributed by atoms with van der Waals surface area (Å²) in [5, 5.41) is 0. The molecule has 0 aliphatic heterocycles. The van der Waals surface area contributed by atoms with Gasteiger partial charge >= 0.3 is 0 Å². The fourth-order valence-electron chi connectivity index (χ4n) is 1.25. The normalized spacial score (nSPS) is 9.87. The summed E-state index contributed by atoms with van der Waals surface area (Å²) < 4.78 is 5.55. The zero-order valence-electron chi connectivity index (χ0n) is 8.26. The molecule has 0 bridgehead atoms. The van der Waals surface area contributed by atoms with Crippen LogP contribution in [0.2, 0.25) is 0 Å². The van der Waals surface area contributed by atoms with E-state index < -0.39 is 0 Å². The van der Waals surface area contributed by atoms with E-state index in [-0.39, 0.29) is 0 Å². The molecule has 0 amide bonds. The van der Waals surface area contributed by atoms with Crippen LogP contribution < -0.4 is 10.5 Å². The van der Waals surface area contributed by atoms with Crippen LogP contribution in [0.15, 0.2) is 48.8 Å². The van der Waals surface area contributed by atoms with Crippen LogP contribution in [0.3, 0.4) is 0 Å². The second-order valence-corrected chi connectivity index (χ2v) is 3.22. The van der Waals surface area contributed by atoms with Crippen molar-refractivity contribution in [3.05, 3.63) is 54.4 Å². The Morgan fingerprint density at radius 3 is 2.87 bits per heavy atom. The Hall–Kier alpha value is -2.03. The molecule has 0 fully saturated rings. The SMILES string of the molecule is Nc1cccc(OCc2cccnc2)c1. The summed E-state index contributed by atoms with van der Waals surface area (Å²) in [5.74, 6) is 0.777. The van der Waals surface area contributed by atoms with E-state index in [0.29, 0.717) is 12.3 Å². The van der Waals surface area contributed by atoms with Gasteiger partial charge in [0.2, 0.25) is 0 Å². The maximum Gasteiger partial charge on any atom is 0.121 e. The van der Waals surface area contributed by atoms with Gasteiger partial charge in [-0.15, -0.1) is 0 Å². The Morgan fingerprint density at radius 1 is 1.20 bits per heavy atom. The second kappa shape index (κ2) is 4.46. The van der Waals surface area contributed by atoms with E-state index in [9.17, 15) is 0 Å². The highest BCUT2D eigenvalue weighted by Gasteiger charge is 1.95. The van der Waals surface area contributed by atoms with Crippen LogP contribution in [-0.4, -0.2) is 4.98 Å². The average molecular weight is 200 g/mol. The number of hydrogen-bond acceptors (Lipinski definition) is 3. The lowest BCUT2D eigenvalue weighted by Crippen LogP contribution is -1.96. The Kier molecular flexibility index (Phi) is 2.83. The summed E-state index contributed by atoms with van der Waals surface area (Å²) in [7, 11) is 0. The number of nitrogens with zero attached hydrogens (tertiary/aromatic N) is 1. The predicted molar refractivity (Wildman–Crippen MR) is 59.4 cm³/mol. The summed E-state index contributed by atoms with van der Waals surface area (Å²) in [6.45, 7) is 0.511. The van der Waals surface area contributed by atoms with Crippen molar-refractivity contribution in [3.63, 3.8) is 0 Å². The second-order valence-electron chi connectivity index (χ2n) is 3.22. The lowest BCUT2D eigenvalue weighted by Gasteiger charge is -2.05. The van der Waals surface area contributed by atoms with E-state index in [0.717, 1.165) is 11.3 Å². The number of pyridine rings is 1. The van der Waals surface area contributed by atoms with Crippen molar-refractivity contribution in [2.45, 2.75) is 6.61 Å². The molecule has 0 saturated carbocycles. The van der Waals surface area contributed by atoms with Crippen molar-refractivity contribution in [2.24, 2.45) is 0 Å². The van der Waals surface area contributed by atoms with Gasteiger partial charge in [-0.2, -0.15) is 0 Å². The topological polar surface area (TPSA) is 48.1 Å². The van der Waals surface area contributed by atoms with Gasteiger partial charge in [0.05, 0.1) is 0 Å². The third-order valence-electron chi connectivity index (χ3n) is 1.99. The standard InChI is InChI=1S/C12H12N2O/c13-11-4-1-5-12(7-11)15-9-10-3-2-6-14-8-10/h1-8H,9,13H2. The molecule has 1 aromatic carbocycles. The maximum absolute atomic E-state index is 5.64. The molecule has 0 radical (unpaired) electrons. The smallest absolute Gasteiger partial charge is 0.121 e. The fraction of sp³-hybridized carbons (Fsp3) is 0.0833. The highest BCUT2D eigenvalue weighted by Crippen LogP contribution is 2.15. The maximum atomic E-state index is 5.64. The van der Waals surface area contributed by atoms with Crippen LogP contribution in [0, 0.1) is 0 Å². The molecule has 2 aromatic rings. The summed E-state index contributed by atoms with van der Waals surface area (Å²) in [5.41, 5.74) is 7.38. The van der Waals surface area contributed by atoms with Crippen LogP contribution in [0.5, 0.6) is 5.75 Å². The Bertz CT molecular complexity index is 429. The third kappa shape index (κ3) is 2.71. The number of anilines is 1.